The third-order valence-corrected chi connectivity index (χ3v) is 6.68. The number of nitrogens with one attached hydrogen (secondary N) is 2. The Kier molecular flexibility index (Phi) is 6.18. The Morgan fingerprint density at radius 2 is 2.13 bits per heavy atom. The van der Waals surface area contributed by atoms with Crippen molar-refractivity contribution in [2.45, 2.75) is 57.7 Å². The first kappa shape index (κ1) is 21.6. The molecule has 0 bridgehead atoms. The largest absolute Gasteiger partial charge is 0.467 e. The van der Waals surface area contributed by atoms with Crippen molar-refractivity contribution >= 4 is 17.7 Å². The van der Waals surface area contributed by atoms with Crippen LogP contribution in [0.3, 0.4) is 0 Å². The van der Waals surface area contributed by atoms with Gasteiger partial charge in [0.05, 0.1) is 12.1 Å². The number of benzene rings is 1. The summed E-state index contributed by atoms with van der Waals surface area (Å²) < 4.78 is 6.19. The number of carbonyl (C=O) groups excluding carboxylic acids is 3. The fourth-order valence-electron chi connectivity index (χ4n) is 4.85. The van der Waals surface area contributed by atoms with E-state index in [0.717, 1.165) is 31.5 Å². The van der Waals surface area contributed by atoms with Gasteiger partial charge in [0.25, 0.3) is 5.91 Å². The molecule has 2 atom stereocenters. The van der Waals surface area contributed by atoms with Crippen molar-refractivity contribution in [1.82, 2.24) is 20.4 Å². The molecular weight excluding hydrogens is 396 g/mol. The van der Waals surface area contributed by atoms with E-state index in [9.17, 15) is 14.4 Å². The van der Waals surface area contributed by atoms with Crippen LogP contribution in [0, 0.1) is 6.92 Å². The molecule has 0 radical (unpaired) electrons. The first-order valence-corrected chi connectivity index (χ1v) is 11.3. The maximum absolute atomic E-state index is 12.7. The molecule has 2 N–H and O–H groups in total. The standard InChI is InChI=1S/C23H32N4O4/c1-3-26-11-4-5-17(26)14-24-20(28)15-27-12-10-23(9-8-21(27)29)25-22(30)18-13-16(2)6-7-19(18)31-23/h6-7,13,17H,3-5,8-12,14-15H2,1-2H3,(H,24,28)(H,25,30)/t17-,23+/m1/s1. The first-order chi connectivity index (χ1) is 14.9. The summed E-state index contributed by atoms with van der Waals surface area (Å²) in [5, 5.41) is 5.98. The predicted octanol–water partition coefficient (Wildman–Crippen LogP) is 1.43. The van der Waals surface area contributed by atoms with Gasteiger partial charge in [-0.1, -0.05) is 18.6 Å². The lowest BCUT2D eigenvalue weighted by atomic mass is 9.99. The topological polar surface area (TPSA) is 91.0 Å². The highest BCUT2D eigenvalue weighted by molar-refractivity contribution is 5.98. The zero-order chi connectivity index (χ0) is 22.0. The number of rotatable bonds is 5. The van der Waals surface area contributed by atoms with Gasteiger partial charge in [-0.25, -0.2) is 0 Å². The smallest absolute Gasteiger partial charge is 0.258 e. The van der Waals surface area contributed by atoms with Crippen LogP contribution in [0.1, 0.15) is 54.9 Å². The van der Waals surface area contributed by atoms with Gasteiger partial charge in [-0.15, -0.1) is 0 Å². The lowest BCUT2D eigenvalue weighted by molar-refractivity contribution is -0.135. The van der Waals surface area contributed by atoms with E-state index in [1.165, 1.54) is 0 Å². The first-order valence-electron chi connectivity index (χ1n) is 11.3. The van der Waals surface area contributed by atoms with E-state index in [-0.39, 0.29) is 30.7 Å². The highest BCUT2D eigenvalue weighted by Crippen LogP contribution is 2.34. The molecule has 1 aromatic rings. The van der Waals surface area contributed by atoms with Crippen molar-refractivity contribution in [3.05, 3.63) is 29.3 Å². The summed E-state index contributed by atoms with van der Waals surface area (Å²) in [5.41, 5.74) is 0.595. The monoisotopic (exact) mass is 428 g/mol. The summed E-state index contributed by atoms with van der Waals surface area (Å²) in [6, 6.07) is 5.91. The Balaban J connectivity index is 1.35. The van der Waals surface area contributed by atoms with Crippen molar-refractivity contribution < 1.29 is 19.1 Å². The molecule has 3 heterocycles. The third-order valence-electron chi connectivity index (χ3n) is 6.68. The molecule has 8 nitrogen and oxygen atoms in total. The SMILES string of the molecule is CCN1CCC[C@@H]1CNC(=O)CN1CC[C@@]2(CCC1=O)NC(=O)c1cc(C)ccc1O2. The van der Waals surface area contributed by atoms with E-state index < -0.39 is 5.72 Å². The van der Waals surface area contributed by atoms with Gasteiger partial charge in [0.15, 0.2) is 5.72 Å². The van der Waals surface area contributed by atoms with E-state index in [0.29, 0.717) is 43.3 Å². The Bertz CT molecular complexity index is 873. The maximum Gasteiger partial charge on any atom is 0.258 e. The molecule has 2 fully saturated rings. The van der Waals surface area contributed by atoms with Crippen LogP contribution in [-0.2, 0) is 9.59 Å². The van der Waals surface area contributed by atoms with Gasteiger partial charge in [0, 0.05) is 38.4 Å². The highest BCUT2D eigenvalue weighted by atomic mass is 16.5. The molecule has 8 heteroatoms. The van der Waals surface area contributed by atoms with E-state index >= 15 is 0 Å². The van der Waals surface area contributed by atoms with Crippen LogP contribution in [0.4, 0.5) is 0 Å². The van der Waals surface area contributed by atoms with Gasteiger partial charge in [-0.2, -0.15) is 0 Å². The van der Waals surface area contributed by atoms with Crippen LogP contribution >= 0.6 is 0 Å². The number of amides is 3. The minimum atomic E-state index is -0.911. The van der Waals surface area contributed by atoms with Crippen LogP contribution in [0.25, 0.3) is 0 Å². The second kappa shape index (κ2) is 8.86. The van der Waals surface area contributed by atoms with Gasteiger partial charge in [0.1, 0.15) is 5.75 Å². The normalized spacial score (nSPS) is 26.3. The molecule has 0 saturated carbocycles. The van der Waals surface area contributed by atoms with Crippen molar-refractivity contribution in [2.75, 3.05) is 32.7 Å². The summed E-state index contributed by atoms with van der Waals surface area (Å²) in [6.45, 7) is 7.15. The minimum Gasteiger partial charge on any atom is -0.467 e. The second-order valence-corrected chi connectivity index (χ2v) is 8.84. The number of carbonyl (C=O) groups is 3. The molecule has 31 heavy (non-hydrogen) atoms. The number of likely N-dealkylation sites (N-methyl/N-ethyl adjacent to an activating group) is 1. The average Bonchev–Trinajstić information content (AvgIpc) is 3.16. The molecule has 0 aliphatic carbocycles. The molecule has 168 valence electrons. The van der Waals surface area contributed by atoms with Crippen molar-refractivity contribution in [3.63, 3.8) is 0 Å². The lowest BCUT2D eigenvalue weighted by Gasteiger charge is -2.38. The van der Waals surface area contributed by atoms with E-state index in [2.05, 4.69) is 22.5 Å². The van der Waals surface area contributed by atoms with Crippen molar-refractivity contribution in [2.24, 2.45) is 0 Å². The number of hydrogen-bond acceptors (Lipinski definition) is 5. The van der Waals surface area contributed by atoms with Crippen LogP contribution in [0.5, 0.6) is 5.75 Å². The third kappa shape index (κ3) is 4.69. The number of hydrogen-bond donors (Lipinski definition) is 2. The molecule has 2 saturated heterocycles. The predicted molar refractivity (Wildman–Crippen MR) is 116 cm³/mol. The fraction of sp³-hybridized carbons (Fsp3) is 0.609. The number of aryl methyl sites for hydroxylation is 1. The summed E-state index contributed by atoms with van der Waals surface area (Å²) in [5.74, 6) is 0.142. The van der Waals surface area contributed by atoms with E-state index in [4.69, 9.17) is 4.74 Å². The fourth-order valence-corrected chi connectivity index (χ4v) is 4.85. The zero-order valence-electron chi connectivity index (χ0n) is 18.4. The summed E-state index contributed by atoms with van der Waals surface area (Å²) >= 11 is 0. The van der Waals surface area contributed by atoms with Gasteiger partial charge < -0.3 is 20.3 Å². The second-order valence-electron chi connectivity index (χ2n) is 8.84. The zero-order valence-corrected chi connectivity index (χ0v) is 18.4. The van der Waals surface area contributed by atoms with Crippen molar-refractivity contribution in [1.29, 1.82) is 0 Å². The van der Waals surface area contributed by atoms with Gasteiger partial charge in [-0.05, 0) is 45.0 Å². The quantitative estimate of drug-likeness (QED) is 0.740. The molecular formula is C23H32N4O4. The Morgan fingerprint density at radius 1 is 1.29 bits per heavy atom. The van der Waals surface area contributed by atoms with Crippen LogP contribution < -0.4 is 15.4 Å². The molecule has 3 amide bonds. The molecule has 0 unspecified atom stereocenters. The van der Waals surface area contributed by atoms with Gasteiger partial charge in [-0.3, -0.25) is 19.3 Å². The molecule has 1 aromatic carbocycles. The highest BCUT2D eigenvalue weighted by Gasteiger charge is 2.42. The number of likely N-dealkylation sites (tertiary alicyclic amines) is 2. The molecule has 0 aromatic heterocycles. The maximum atomic E-state index is 12.7. The number of ether oxygens (including phenoxy) is 1. The van der Waals surface area contributed by atoms with Crippen LogP contribution in [-0.4, -0.2) is 72.0 Å². The van der Waals surface area contributed by atoms with Gasteiger partial charge in [0.2, 0.25) is 11.8 Å². The summed E-state index contributed by atoms with van der Waals surface area (Å²) in [4.78, 5) is 41.8. The van der Waals surface area contributed by atoms with E-state index in [1.807, 2.05) is 19.1 Å². The summed E-state index contributed by atoms with van der Waals surface area (Å²) in [6.07, 6.45) is 3.31. The number of nitrogens with zero attached hydrogens (tertiary/aromatic N) is 2. The summed E-state index contributed by atoms with van der Waals surface area (Å²) in [7, 11) is 0. The Hall–Kier alpha value is -2.61. The van der Waals surface area contributed by atoms with E-state index in [1.54, 1.807) is 11.0 Å². The molecule has 1 spiro atoms. The van der Waals surface area contributed by atoms with Crippen molar-refractivity contribution in [3.8, 4) is 5.75 Å². The molecule has 4 rings (SSSR count). The Morgan fingerprint density at radius 3 is 2.94 bits per heavy atom. The lowest BCUT2D eigenvalue weighted by Crippen LogP contribution is -2.56. The Labute approximate surface area is 183 Å². The molecule has 3 aliphatic rings. The molecule has 3 aliphatic heterocycles. The minimum absolute atomic E-state index is 0.0392. The average molecular weight is 429 g/mol. The van der Waals surface area contributed by atoms with Gasteiger partial charge >= 0.3 is 0 Å². The van der Waals surface area contributed by atoms with Crippen LogP contribution in [0.15, 0.2) is 18.2 Å². The number of fused-ring (bicyclic) bond motifs is 1. The van der Waals surface area contributed by atoms with Crippen LogP contribution in [0.2, 0.25) is 0 Å².